The molecule has 8 heteroatoms. The zero-order valence-electron chi connectivity index (χ0n) is 11.5. The summed E-state index contributed by atoms with van der Waals surface area (Å²) in [5.41, 5.74) is -0.0546. The van der Waals surface area contributed by atoms with E-state index < -0.39 is 23.4 Å². The molecule has 0 N–H and O–H groups in total. The van der Waals surface area contributed by atoms with Crippen molar-refractivity contribution in [3.63, 3.8) is 0 Å². The Labute approximate surface area is 128 Å². The SMILES string of the molecule is COC(=O)/C=C1\SCC(=O)N1CC(=O)c1ccc(F)c(F)c1. The van der Waals surface area contributed by atoms with E-state index in [1.807, 2.05) is 0 Å². The number of ether oxygens (including phenoxy) is 1. The van der Waals surface area contributed by atoms with Crippen molar-refractivity contribution in [1.29, 1.82) is 0 Å². The van der Waals surface area contributed by atoms with Crippen molar-refractivity contribution in [2.45, 2.75) is 0 Å². The van der Waals surface area contributed by atoms with E-state index in [-0.39, 0.29) is 28.8 Å². The van der Waals surface area contributed by atoms with Crippen LogP contribution in [0.25, 0.3) is 0 Å². The Morgan fingerprint density at radius 3 is 2.73 bits per heavy atom. The molecule has 1 fully saturated rings. The molecule has 0 aromatic heterocycles. The minimum atomic E-state index is -1.14. The second kappa shape index (κ2) is 6.69. The summed E-state index contributed by atoms with van der Waals surface area (Å²) < 4.78 is 30.5. The summed E-state index contributed by atoms with van der Waals surface area (Å²) >= 11 is 1.10. The first-order valence-electron chi connectivity index (χ1n) is 6.13. The van der Waals surface area contributed by atoms with Crippen molar-refractivity contribution >= 4 is 29.4 Å². The Kier molecular flexibility index (Phi) is 4.92. The highest BCUT2D eigenvalue weighted by Crippen LogP contribution is 2.29. The molecule has 0 spiro atoms. The van der Waals surface area contributed by atoms with Gasteiger partial charge in [0, 0.05) is 5.56 Å². The van der Waals surface area contributed by atoms with E-state index in [1.54, 1.807) is 0 Å². The Balaban J connectivity index is 2.18. The van der Waals surface area contributed by atoms with Gasteiger partial charge in [0.2, 0.25) is 5.91 Å². The van der Waals surface area contributed by atoms with Gasteiger partial charge in [-0.3, -0.25) is 14.5 Å². The number of nitrogens with zero attached hydrogens (tertiary/aromatic N) is 1. The van der Waals surface area contributed by atoms with Gasteiger partial charge in [0.05, 0.1) is 30.5 Å². The van der Waals surface area contributed by atoms with Gasteiger partial charge in [-0.25, -0.2) is 13.6 Å². The minimum absolute atomic E-state index is 0.0546. The lowest BCUT2D eigenvalue weighted by Crippen LogP contribution is -2.31. The number of hydrogen-bond acceptors (Lipinski definition) is 5. The molecule has 22 heavy (non-hydrogen) atoms. The van der Waals surface area contributed by atoms with Crippen molar-refractivity contribution in [3.8, 4) is 0 Å². The summed E-state index contributed by atoms with van der Waals surface area (Å²) in [5, 5.41) is 0.285. The maximum absolute atomic E-state index is 13.1. The number of methoxy groups -OCH3 is 1. The Hall–Kier alpha value is -2.22. The first kappa shape index (κ1) is 16.2. The van der Waals surface area contributed by atoms with E-state index in [0.717, 1.165) is 40.9 Å². The van der Waals surface area contributed by atoms with E-state index in [0.29, 0.717) is 0 Å². The van der Waals surface area contributed by atoms with Gasteiger partial charge in [0.1, 0.15) is 0 Å². The normalized spacial score (nSPS) is 16.2. The zero-order chi connectivity index (χ0) is 16.3. The van der Waals surface area contributed by atoms with E-state index in [2.05, 4.69) is 4.74 Å². The lowest BCUT2D eigenvalue weighted by Gasteiger charge is -2.16. The lowest BCUT2D eigenvalue weighted by atomic mass is 10.1. The molecule has 5 nitrogen and oxygen atoms in total. The van der Waals surface area contributed by atoms with Crippen LogP contribution in [0.1, 0.15) is 10.4 Å². The Morgan fingerprint density at radius 1 is 1.36 bits per heavy atom. The molecule has 1 aliphatic rings. The predicted molar refractivity (Wildman–Crippen MR) is 75.0 cm³/mol. The van der Waals surface area contributed by atoms with Crippen molar-refractivity contribution in [3.05, 3.63) is 46.5 Å². The monoisotopic (exact) mass is 327 g/mol. The van der Waals surface area contributed by atoms with E-state index in [1.165, 1.54) is 7.11 Å². The van der Waals surface area contributed by atoms with Gasteiger partial charge >= 0.3 is 5.97 Å². The number of halogens is 2. The molecule has 1 aliphatic heterocycles. The molecular formula is C14H11F2NO4S. The number of carbonyl (C=O) groups excluding carboxylic acids is 3. The number of rotatable bonds is 4. The van der Waals surface area contributed by atoms with Crippen LogP contribution in [0.15, 0.2) is 29.3 Å². The van der Waals surface area contributed by atoms with Gasteiger partial charge in [-0.05, 0) is 18.2 Å². The Morgan fingerprint density at radius 2 is 2.09 bits per heavy atom. The minimum Gasteiger partial charge on any atom is -0.466 e. The first-order chi connectivity index (χ1) is 10.4. The molecule has 0 atom stereocenters. The van der Waals surface area contributed by atoms with Gasteiger partial charge in [0.25, 0.3) is 0 Å². The van der Waals surface area contributed by atoms with Gasteiger partial charge in [-0.1, -0.05) is 11.8 Å². The number of amides is 1. The molecule has 0 bridgehead atoms. The summed E-state index contributed by atoms with van der Waals surface area (Å²) in [6, 6.07) is 2.75. The highest BCUT2D eigenvalue weighted by Gasteiger charge is 2.29. The molecule has 0 saturated carbocycles. The number of carbonyl (C=O) groups is 3. The lowest BCUT2D eigenvalue weighted by molar-refractivity contribution is -0.134. The van der Waals surface area contributed by atoms with E-state index >= 15 is 0 Å². The van der Waals surface area contributed by atoms with Crippen LogP contribution in [0.3, 0.4) is 0 Å². The Bertz CT molecular complexity index is 675. The smallest absolute Gasteiger partial charge is 0.333 e. The van der Waals surface area contributed by atoms with Crippen LogP contribution < -0.4 is 0 Å². The standard InChI is InChI=1S/C14H11F2NO4S/c1-21-14(20)5-13-17(12(19)7-22-13)6-11(18)8-2-3-9(15)10(16)4-8/h2-5H,6-7H2,1H3/b13-5-. The first-order valence-corrected chi connectivity index (χ1v) is 7.12. The molecule has 1 heterocycles. The van der Waals surface area contributed by atoms with Gasteiger partial charge in [0.15, 0.2) is 17.4 Å². The third kappa shape index (κ3) is 3.51. The number of thioether (sulfide) groups is 1. The number of esters is 1. The highest BCUT2D eigenvalue weighted by molar-refractivity contribution is 8.04. The average molecular weight is 327 g/mol. The maximum Gasteiger partial charge on any atom is 0.333 e. The third-order valence-electron chi connectivity index (χ3n) is 2.90. The molecule has 2 rings (SSSR count). The maximum atomic E-state index is 13.1. The number of Topliss-reactive ketones (excluding diaryl/α,β-unsaturated/α-hetero) is 1. The summed E-state index contributed by atoms with van der Waals surface area (Å²) in [7, 11) is 1.19. The van der Waals surface area contributed by atoms with Crippen LogP contribution in [0.4, 0.5) is 8.78 Å². The van der Waals surface area contributed by atoms with Crippen molar-refractivity contribution in [2.24, 2.45) is 0 Å². The molecule has 1 amide bonds. The molecule has 1 aromatic carbocycles. The van der Waals surface area contributed by atoms with Crippen molar-refractivity contribution in [2.75, 3.05) is 19.4 Å². The summed E-state index contributed by atoms with van der Waals surface area (Å²) in [6.45, 7) is -0.361. The van der Waals surface area contributed by atoms with Crippen molar-refractivity contribution in [1.82, 2.24) is 4.90 Å². The zero-order valence-corrected chi connectivity index (χ0v) is 12.3. The predicted octanol–water partition coefficient (Wildman–Crippen LogP) is 1.74. The van der Waals surface area contributed by atoms with E-state index in [4.69, 9.17) is 0 Å². The fourth-order valence-corrected chi connectivity index (χ4v) is 2.69. The topological polar surface area (TPSA) is 63.7 Å². The fraction of sp³-hybridized carbons (Fsp3) is 0.214. The van der Waals surface area contributed by atoms with Crippen LogP contribution in [-0.4, -0.2) is 42.0 Å². The molecule has 0 aliphatic carbocycles. The third-order valence-corrected chi connectivity index (χ3v) is 3.92. The second-order valence-corrected chi connectivity index (χ2v) is 5.32. The number of ketones is 1. The summed E-state index contributed by atoms with van der Waals surface area (Å²) in [5.74, 6) is -3.67. The van der Waals surface area contributed by atoms with Crippen LogP contribution in [0.5, 0.6) is 0 Å². The van der Waals surface area contributed by atoms with Gasteiger partial charge < -0.3 is 4.74 Å². The fourth-order valence-electron chi connectivity index (χ4n) is 1.76. The molecule has 0 unspecified atom stereocenters. The van der Waals surface area contributed by atoms with Crippen LogP contribution in [-0.2, 0) is 14.3 Å². The number of hydrogen-bond donors (Lipinski definition) is 0. The van der Waals surface area contributed by atoms with Crippen LogP contribution >= 0.6 is 11.8 Å². The van der Waals surface area contributed by atoms with Gasteiger partial charge in [-0.2, -0.15) is 0 Å². The molecule has 1 aromatic rings. The summed E-state index contributed by atoms with van der Waals surface area (Å²) in [4.78, 5) is 36.2. The molecule has 1 saturated heterocycles. The quantitative estimate of drug-likeness (QED) is 0.479. The molecule has 0 radical (unpaired) electrons. The molecular weight excluding hydrogens is 316 g/mol. The highest BCUT2D eigenvalue weighted by atomic mass is 32.2. The van der Waals surface area contributed by atoms with E-state index in [9.17, 15) is 23.2 Å². The number of benzene rings is 1. The molecule has 116 valence electrons. The van der Waals surface area contributed by atoms with Crippen molar-refractivity contribution < 1.29 is 27.9 Å². The average Bonchev–Trinajstić information content (AvgIpc) is 2.82. The summed E-state index contributed by atoms with van der Waals surface area (Å²) in [6.07, 6.45) is 1.11. The largest absolute Gasteiger partial charge is 0.466 e. The second-order valence-electron chi connectivity index (χ2n) is 4.33. The van der Waals surface area contributed by atoms with Gasteiger partial charge in [-0.15, -0.1) is 0 Å². The van der Waals surface area contributed by atoms with Crippen LogP contribution in [0.2, 0.25) is 0 Å². The van der Waals surface area contributed by atoms with Crippen LogP contribution in [0, 0.1) is 11.6 Å².